The van der Waals surface area contributed by atoms with Gasteiger partial charge in [-0.25, -0.2) is 0 Å². The smallest absolute Gasteiger partial charge is 0.266 e. The van der Waals surface area contributed by atoms with Gasteiger partial charge in [-0.15, -0.1) is 0 Å². The first-order valence-electron chi connectivity index (χ1n) is 7.92. The Morgan fingerprint density at radius 2 is 2.08 bits per heavy atom. The first kappa shape index (κ1) is 18.3. The molecule has 1 aromatic rings. The van der Waals surface area contributed by atoms with E-state index in [4.69, 9.17) is 4.74 Å². The van der Waals surface area contributed by atoms with Crippen LogP contribution in [0.2, 0.25) is 0 Å². The summed E-state index contributed by atoms with van der Waals surface area (Å²) in [5.74, 6) is -1.59. The Kier molecular flexibility index (Phi) is 5.95. The molecule has 8 nitrogen and oxygen atoms in total. The number of rotatable bonds is 5. The van der Waals surface area contributed by atoms with Gasteiger partial charge in [-0.3, -0.25) is 14.9 Å². The fraction of sp³-hybridized carbons (Fsp3) is 0.412. The van der Waals surface area contributed by atoms with E-state index in [0.717, 1.165) is 38.2 Å². The molecular formula is C17H18N3O5-. The molecule has 25 heavy (non-hydrogen) atoms. The van der Waals surface area contributed by atoms with E-state index < -0.39 is 22.3 Å². The summed E-state index contributed by atoms with van der Waals surface area (Å²) in [6, 6.07) is 4.12. The van der Waals surface area contributed by atoms with Crippen LogP contribution >= 0.6 is 0 Å². The van der Waals surface area contributed by atoms with Crippen molar-refractivity contribution in [2.75, 3.05) is 7.11 Å². The minimum Gasteiger partial charge on any atom is -0.865 e. The maximum atomic E-state index is 12.3. The molecule has 1 amide bonds. The fourth-order valence-corrected chi connectivity index (χ4v) is 2.80. The van der Waals surface area contributed by atoms with Gasteiger partial charge in [-0.2, -0.15) is 5.26 Å². The Morgan fingerprint density at radius 1 is 1.40 bits per heavy atom. The van der Waals surface area contributed by atoms with Gasteiger partial charge in [-0.1, -0.05) is 19.3 Å². The molecule has 1 N–H and O–H groups in total. The van der Waals surface area contributed by atoms with Gasteiger partial charge in [0.25, 0.3) is 11.6 Å². The number of carbonyl (C=O) groups excluding carboxylic acids is 1. The van der Waals surface area contributed by atoms with Crippen LogP contribution in [0.3, 0.4) is 0 Å². The zero-order valence-electron chi connectivity index (χ0n) is 13.8. The summed E-state index contributed by atoms with van der Waals surface area (Å²) in [5.41, 5.74) is -0.672. The number of nitro benzene ring substituents is 1. The molecule has 0 bridgehead atoms. The number of hydrogen-bond donors (Lipinski definition) is 1. The zero-order chi connectivity index (χ0) is 18.4. The van der Waals surface area contributed by atoms with E-state index in [0.29, 0.717) is 0 Å². The molecule has 1 fully saturated rings. The largest absolute Gasteiger partial charge is 0.865 e. The van der Waals surface area contributed by atoms with E-state index in [9.17, 15) is 25.3 Å². The Bertz CT molecular complexity index is 745. The van der Waals surface area contributed by atoms with E-state index >= 15 is 0 Å². The van der Waals surface area contributed by atoms with Crippen LogP contribution in [0.1, 0.15) is 37.7 Å². The van der Waals surface area contributed by atoms with Crippen molar-refractivity contribution in [3.05, 3.63) is 33.4 Å². The predicted molar refractivity (Wildman–Crippen MR) is 87.7 cm³/mol. The maximum Gasteiger partial charge on any atom is 0.266 e. The molecule has 8 heteroatoms. The minimum atomic E-state index is -0.852. The van der Waals surface area contributed by atoms with Crippen LogP contribution in [-0.2, 0) is 4.79 Å². The number of benzene rings is 1. The van der Waals surface area contributed by atoms with E-state index in [1.165, 1.54) is 19.3 Å². The fourth-order valence-electron chi connectivity index (χ4n) is 2.80. The summed E-state index contributed by atoms with van der Waals surface area (Å²) in [7, 11) is 1.22. The molecule has 1 aromatic carbocycles. The van der Waals surface area contributed by atoms with Gasteiger partial charge in [0.05, 0.1) is 12.0 Å². The third kappa shape index (κ3) is 4.47. The van der Waals surface area contributed by atoms with Crippen molar-refractivity contribution in [3.8, 4) is 17.6 Å². The van der Waals surface area contributed by atoms with Gasteiger partial charge < -0.3 is 15.2 Å². The zero-order valence-corrected chi connectivity index (χ0v) is 13.8. The monoisotopic (exact) mass is 344 g/mol. The lowest BCUT2D eigenvalue weighted by atomic mass is 9.95. The van der Waals surface area contributed by atoms with Crippen LogP contribution in [0, 0.1) is 21.4 Å². The van der Waals surface area contributed by atoms with Gasteiger partial charge in [0.2, 0.25) is 0 Å². The number of nitro groups is 1. The molecular weight excluding hydrogens is 326 g/mol. The Balaban J connectivity index is 2.29. The summed E-state index contributed by atoms with van der Waals surface area (Å²) in [6.07, 6.45) is 6.16. The standard InChI is InChI=1S/C17H19N3O5/c1-25-15-9-11(8-14(16(15)21)20(23)24)7-12(10-18)17(22)19-13-5-3-2-4-6-13/h7-9,13,21H,2-6H2,1H3,(H,19,22)/p-1/b12-7+. The molecule has 0 saturated heterocycles. The second kappa shape index (κ2) is 8.15. The van der Waals surface area contributed by atoms with E-state index in [2.05, 4.69) is 5.32 Å². The highest BCUT2D eigenvalue weighted by atomic mass is 16.6. The Morgan fingerprint density at radius 3 is 2.64 bits per heavy atom. The van der Waals surface area contributed by atoms with Crippen molar-refractivity contribution in [1.82, 2.24) is 5.32 Å². The van der Waals surface area contributed by atoms with Crippen LogP contribution in [-0.4, -0.2) is 24.0 Å². The van der Waals surface area contributed by atoms with Gasteiger partial charge in [0.1, 0.15) is 17.4 Å². The van der Waals surface area contributed by atoms with Crippen molar-refractivity contribution < 1.29 is 19.6 Å². The molecule has 0 unspecified atom stereocenters. The van der Waals surface area contributed by atoms with E-state index in [1.807, 2.05) is 0 Å². The Hall–Kier alpha value is -3.08. The molecule has 0 spiro atoms. The first-order valence-corrected chi connectivity index (χ1v) is 7.92. The first-order chi connectivity index (χ1) is 12.0. The van der Waals surface area contributed by atoms with Gasteiger partial charge in [0, 0.05) is 17.9 Å². The van der Waals surface area contributed by atoms with Crippen LogP contribution in [0.15, 0.2) is 17.7 Å². The molecule has 0 atom stereocenters. The van der Waals surface area contributed by atoms with Crippen LogP contribution < -0.4 is 15.2 Å². The molecule has 1 aliphatic rings. The summed E-state index contributed by atoms with van der Waals surface area (Å²) >= 11 is 0. The number of nitrogens with zero attached hydrogens (tertiary/aromatic N) is 2. The van der Waals surface area contributed by atoms with Gasteiger partial charge >= 0.3 is 0 Å². The summed E-state index contributed by atoms with van der Waals surface area (Å²) in [5, 5.41) is 34.8. The van der Waals surface area contributed by atoms with Crippen molar-refractivity contribution in [2.45, 2.75) is 38.1 Å². The third-order valence-corrected chi connectivity index (χ3v) is 4.09. The molecule has 0 heterocycles. The van der Waals surface area contributed by atoms with Crippen LogP contribution in [0.4, 0.5) is 5.69 Å². The lowest BCUT2D eigenvalue weighted by Gasteiger charge is -2.22. The van der Waals surface area contributed by atoms with Crippen molar-refractivity contribution in [1.29, 1.82) is 5.26 Å². The topological polar surface area (TPSA) is 128 Å². The highest BCUT2D eigenvalue weighted by Crippen LogP contribution is 2.35. The van der Waals surface area contributed by atoms with Gasteiger partial charge in [0.15, 0.2) is 0 Å². The second-order valence-corrected chi connectivity index (χ2v) is 5.81. The summed E-state index contributed by atoms with van der Waals surface area (Å²) in [6.45, 7) is 0. The lowest BCUT2D eigenvalue weighted by Crippen LogP contribution is -2.36. The average molecular weight is 344 g/mol. The molecule has 132 valence electrons. The van der Waals surface area contributed by atoms with Crippen LogP contribution in [0.5, 0.6) is 11.5 Å². The molecule has 0 radical (unpaired) electrons. The normalized spacial score (nSPS) is 15.3. The molecule has 0 aromatic heterocycles. The number of amides is 1. The third-order valence-electron chi connectivity index (χ3n) is 4.09. The maximum absolute atomic E-state index is 12.3. The molecule has 1 saturated carbocycles. The second-order valence-electron chi connectivity index (χ2n) is 5.81. The number of methoxy groups -OCH3 is 1. The SMILES string of the molecule is COc1cc(/C=C(\C#N)C(=O)NC2CCCCC2)cc([N+](=O)[O-])c1[O-]. The minimum absolute atomic E-state index is 0.0332. The number of nitriles is 1. The highest BCUT2D eigenvalue weighted by Gasteiger charge is 2.19. The van der Waals surface area contributed by atoms with Gasteiger partial charge in [-0.05, 0) is 30.5 Å². The summed E-state index contributed by atoms with van der Waals surface area (Å²) < 4.78 is 4.84. The molecule has 1 aliphatic carbocycles. The van der Waals surface area contributed by atoms with E-state index in [-0.39, 0.29) is 22.9 Å². The van der Waals surface area contributed by atoms with Crippen molar-refractivity contribution in [3.63, 3.8) is 0 Å². The Labute approximate surface area is 144 Å². The van der Waals surface area contributed by atoms with Crippen LogP contribution in [0.25, 0.3) is 6.08 Å². The lowest BCUT2D eigenvalue weighted by molar-refractivity contribution is -0.398. The number of carbonyl (C=O) groups is 1. The van der Waals surface area contributed by atoms with E-state index in [1.54, 1.807) is 6.07 Å². The number of nitrogens with one attached hydrogen (secondary N) is 1. The predicted octanol–water partition coefficient (Wildman–Crippen LogP) is 2.03. The number of hydrogen-bond acceptors (Lipinski definition) is 6. The number of ether oxygens (including phenoxy) is 1. The highest BCUT2D eigenvalue weighted by molar-refractivity contribution is 6.02. The quantitative estimate of drug-likeness (QED) is 0.377. The van der Waals surface area contributed by atoms with Crippen molar-refractivity contribution in [2.24, 2.45) is 0 Å². The van der Waals surface area contributed by atoms with Crippen molar-refractivity contribution >= 4 is 17.7 Å². The molecule has 2 rings (SSSR count). The average Bonchev–Trinajstić information content (AvgIpc) is 2.61. The molecule has 0 aliphatic heterocycles. The summed E-state index contributed by atoms with van der Waals surface area (Å²) in [4.78, 5) is 22.4.